The third-order valence-electron chi connectivity index (χ3n) is 1.72. The summed E-state index contributed by atoms with van der Waals surface area (Å²) in [6.45, 7) is 0. The van der Waals surface area contributed by atoms with Gasteiger partial charge in [0.05, 0.1) is 10.5 Å². The predicted molar refractivity (Wildman–Crippen MR) is 59.5 cm³/mol. The average molecular weight is 277 g/mol. The Bertz CT molecular complexity index is 470. The third-order valence-corrected chi connectivity index (χ3v) is 3.23. The van der Waals surface area contributed by atoms with E-state index < -0.39 is 0 Å². The fourth-order valence-corrected chi connectivity index (χ4v) is 1.84. The van der Waals surface area contributed by atoms with Crippen molar-refractivity contribution < 1.29 is 0 Å². The van der Waals surface area contributed by atoms with E-state index in [1.807, 2.05) is 18.2 Å². The van der Waals surface area contributed by atoms with Crippen LogP contribution in [0.15, 0.2) is 28.7 Å². The molecule has 0 unspecified atom stereocenters. The molecule has 1 heterocycles. The number of hydrogen-bond donors (Lipinski definition) is 0. The van der Waals surface area contributed by atoms with Crippen LogP contribution < -0.4 is 0 Å². The Morgan fingerprint density at radius 2 is 1.85 bits per heavy atom. The zero-order chi connectivity index (χ0) is 9.42. The van der Waals surface area contributed by atoms with Gasteiger partial charge in [0.2, 0.25) is 0 Å². The van der Waals surface area contributed by atoms with Crippen LogP contribution >= 0.6 is 39.1 Å². The van der Waals surface area contributed by atoms with Crippen LogP contribution in [0.5, 0.6) is 0 Å². The van der Waals surface area contributed by atoms with Crippen LogP contribution in [0, 0.1) is 0 Å². The van der Waals surface area contributed by atoms with Gasteiger partial charge in [-0.05, 0) is 40.2 Å². The van der Waals surface area contributed by atoms with E-state index in [4.69, 9.17) is 23.2 Å². The molecule has 0 radical (unpaired) electrons. The van der Waals surface area contributed by atoms with E-state index in [0.29, 0.717) is 10.2 Å². The molecule has 0 spiro atoms. The monoisotopic (exact) mass is 275 g/mol. The minimum Gasteiger partial charge on any atom is -0.236 e. The second-order valence-corrected chi connectivity index (χ2v) is 4.18. The normalized spacial score (nSPS) is 10.7. The topological polar surface area (TPSA) is 12.9 Å². The Morgan fingerprint density at radius 3 is 2.62 bits per heavy atom. The molecule has 0 saturated heterocycles. The van der Waals surface area contributed by atoms with Crippen molar-refractivity contribution in [1.29, 1.82) is 0 Å². The first kappa shape index (κ1) is 9.25. The van der Waals surface area contributed by atoms with Crippen LogP contribution in [-0.2, 0) is 0 Å². The molecule has 1 aromatic carbocycles. The van der Waals surface area contributed by atoms with Crippen LogP contribution in [-0.4, -0.2) is 4.98 Å². The smallest absolute Gasteiger partial charge is 0.129 e. The number of halogens is 3. The summed E-state index contributed by atoms with van der Waals surface area (Å²) in [6, 6.07) is 7.31. The van der Waals surface area contributed by atoms with E-state index in [-0.39, 0.29) is 0 Å². The molecule has 0 aliphatic heterocycles. The van der Waals surface area contributed by atoms with Crippen molar-refractivity contribution >= 4 is 50.0 Å². The van der Waals surface area contributed by atoms with Crippen molar-refractivity contribution in [3.05, 3.63) is 38.9 Å². The van der Waals surface area contributed by atoms with E-state index >= 15 is 0 Å². The summed E-state index contributed by atoms with van der Waals surface area (Å²) in [5, 5.41) is 2.05. The van der Waals surface area contributed by atoms with E-state index in [1.54, 1.807) is 6.07 Å². The number of fused-ring (bicyclic) bond motifs is 1. The molecule has 2 aromatic rings. The van der Waals surface area contributed by atoms with Gasteiger partial charge in [0.15, 0.2) is 0 Å². The Hall–Kier alpha value is -0.310. The average Bonchev–Trinajstić information content (AvgIpc) is 2.12. The van der Waals surface area contributed by atoms with Crippen molar-refractivity contribution in [2.45, 2.75) is 0 Å². The molecule has 0 aliphatic carbocycles. The van der Waals surface area contributed by atoms with Crippen molar-refractivity contribution in [1.82, 2.24) is 4.98 Å². The van der Waals surface area contributed by atoms with Gasteiger partial charge < -0.3 is 0 Å². The second-order valence-electron chi connectivity index (χ2n) is 2.56. The lowest BCUT2D eigenvalue weighted by Crippen LogP contribution is -1.80. The number of aromatic nitrogens is 1. The number of nitrogens with zero attached hydrogens (tertiary/aromatic N) is 1. The summed E-state index contributed by atoms with van der Waals surface area (Å²) in [5.74, 6) is 0. The number of pyridine rings is 1. The highest BCUT2D eigenvalue weighted by molar-refractivity contribution is 9.10. The Morgan fingerprint density at radius 1 is 1.08 bits per heavy atom. The molecule has 2 rings (SSSR count). The third kappa shape index (κ3) is 1.66. The lowest BCUT2D eigenvalue weighted by Gasteiger charge is -2.01. The summed E-state index contributed by atoms with van der Waals surface area (Å²) in [6.07, 6.45) is 0. The van der Waals surface area contributed by atoms with Crippen molar-refractivity contribution in [2.24, 2.45) is 0 Å². The molecule has 4 heteroatoms. The van der Waals surface area contributed by atoms with E-state index in [0.717, 1.165) is 15.4 Å². The van der Waals surface area contributed by atoms with Gasteiger partial charge in [0, 0.05) is 9.86 Å². The summed E-state index contributed by atoms with van der Waals surface area (Å²) in [4.78, 5) is 4.14. The van der Waals surface area contributed by atoms with Crippen LogP contribution in [0.1, 0.15) is 0 Å². The maximum Gasteiger partial charge on any atom is 0.129 e. The van der Waals surface area contributed by atoms with Crippen LogP contribution in [0.2, 0.25) is 10.2 Å². The standard InChI is InChI=1S/C9H4BrCl2N/c10-6-2-3-7-5(9(6)12)1-4-8(11)13-7/h1-4H. The fraction of sp³-hybridized carbons (Fsp3) is 0. The second kappa shape index (κ2) is 3.45. The van der Waals surface area contributed by atoms with Gasteiger partial charge in [-0.1, -0.05) is 23.2 Å². The SMILES string of the molecule is Clc1ccc2c(Cl)c(Br)ccc2n1. The number of benzene rings is 1. The Labute approximate surface area is 93.8 Å². The van der Waals surface area contributed by atoms with Gasteiger partial charge in [0.1, 0.15) is 5.15 Å². The molecule has 0 bridgehead atoms. The molecule has 0 fully saturated rings. The lowest BCUT2D eigenvalue weighted by molar-refractivity contribution is 1.41. The minimum absolute atomic E-state index is 0.478. The highest BCUT2D eigenvalue weighted by atomic mass is 79.9. The zero-order valence-corrected chi connectivity index (χ0v) is 9.49. The molecule has 0 saturated carbocycles. The molecule has 13 heavy (non-hydrogen) atoms. The van der Waals surface area contributed by atoms with E-state index in [1.165, 1.54) is 0 Å². The molecule has 1 nitrogen and oxygen atoms in total. The molecule has 0 amide bonds. The summed E-state index contributed by atoms with van der Waals surface area (Å²) in [7, 11) is 0. The summed E-state index contributed by atoms with van der Waals surface area (Å²) < 4.78 is 0.866. The predicted octanol–water partition coefficient (Wildman–Crippen LogP) is 4.30. The molecule has 66 valence electrons. The van der Waals surface area contributed by atoms with Gasteiger partial charge in [-0.15, -0.1) is 0 Å². The highest BCUT2D eigenvalue weighted by Gasteiger charge is 2.03. The molecule has 0 N–H and O–H groups in total. The van der Waals surface area contributed by atoms with Gasteiger partial charge in [-0.25, -0.2) is 4.98 Å². The van der Waals surface area contributed by atoms with Crippen LogP contribution in [0.4, 0.5) is 0 Å². The van der Waals surface area contributed by atoms with Crippen molar-refractivity contribution in [3.8, 4) is 0 Å². The maximum atomic E-state index is 6.05. The summed E-state index contributed by atoms with van der Waals surface area (Å²) >= 11 is 15.1. The van der Waals surface area contributed by atoms with E-state index in [9.17, 15) is 0 Å². The molecular weight excluding hydrogens is 273 g/mol. The quantitative estimate of drug-likeness (QED) is 0.654. The van der Waals surface area contributed by atoms with Crippen LogP contribution in [0.3, 0.4) is 0 Å². The van der Waals surface area contributed by atoms with Crippen LogP contribution in [0.25, 0.3) is 10.9 Å². The first-order valence-electron chi connectivity index (χ1n) is 3.59. The first-order chi connectivity index (χ1) is 6.18. The van der Waals surface area contributed by atoms with Gasteiger partial charge in [0.25, 0.3) is 0 Å². The van der Waals surface area contributed by atoms with E-state index in [2.05, 4.69) is 20.9 Å². The Kier molecular flexibility index (Phi) is 2.45. The van der Waals surface area contributed by atoms with Crippen molar-refractivity contribution in [3.63, 3.8) is 0 Å². The highest BCUT2D eigenvalue weighted by Crippen LogP contribution is 2.30. The molecular formula is C9H4BrCl2N. The summed E-state index contributed by atoms with van der Waals surface area (Å²) in [5.41, 5.74) is 0.806. The largest absolute Gasteiger partial charge is 0.236 e. The van der Waals surface area contributed by atoms with Gasteiger partial charge in [-0.2, -0.15) is 0 Å². The maximum absolute atomic E-state index is 6.05. The number of hydrogen-bond acceptors (Lipinski definition) is 1. The fourth-order valence-electron chi connectivity index (χ4n) is 1.12. The molecule has 1 aromatic heterocycles. The Balaban J connectivity index is 2.87. The molecule has 0 atom stereocenters. The minimum atomic E-state index is 0.478. The van der Waals surface area contributed by atoms with Crippen molar-refractivity contribution in [2.75, 3.05) is 0 Å². The van der Waals surface area contributed by atoms with Gasteiger partial charge >= 0.3 is 0 Å². The lowest BCUT2D eigenvalue weighted by atomic mass is 10.2. The molecule has 0 aliphatic rings. The number of rotatable bonds is 0. The zero-order valence-electron chi connectivity index (χ0n) is 6.39. The first-order valence-corrected chi connectivity index (χ1v) is 5.13. The van der Waals surface area contributed by atoms with Gasteiger partial charge in [-0.3, -0.25) is 0 Å².